The minimum Gasteiger partial charge on any atom is -0.411 e. The van der Waals surface area contributed by atoms with Gasteiger partial charge in [0, 0.05) is 0 Å². The van der Waals surface area contributed by atoms with Gasteiger partial charge in [0.15, 0.2) is 0 Å². The second kappa shape index (κ2) is 4.13. The summed E-state index contributed by atoms with van der Waals surface area (Å²) < 4.78 is 37.9. The Morgan fingerprint density at radius 2 is 1.69 bits per heavy atom. The molecule has 88 valence electrons. The average molecular weight is 233 g/mol. The van der Waals surface area contributed by atoms with Gasteiger partial charge in [0.05, 0.1) is 6.21 Å². The minimum atomic E-state index is -4.95. The molecule has 1 aromatic rings. The summed E-state index contributed by atoms with van der Waals surface area (Å²) in [6, 6.07) is 5.11. The van der Waals surface area contributed by atoms with Crippen LogP contribution in [-0.4, -0.2) is 22.7 Å². The summed E-state index contributed by atoms with van der Waals surface area (Å²) in [6.07, 6.45) is -4.90. The molecule has 1 rings (SSSR count). The topological polar surface area (TPSA) is 52.8 Å². The number of alkyl halides is 3. The molecular weight excluding hydrogens is 223 g/mol. The predicted octanol–water partition coefficient (Wildman–Crippen LogP) is 2.20. The molecule has 0 amide bonds. The fraction of sp³-hybridized carbons (Fsp3) is 0.300. The summed E-state index contributed by atoms with van der Waals surface area (Å²) in [6.45, 7) is 1.70. The van der Waals surface area contributed by atoms with Crippen molar-refractivity contribution in [3.63, 3.8) is 0 Å². The molecule has 0 bridgehead atoms. The fourth-order valence-electron chi connectivity index (χ4n) is 1.20. The Kier molecular flexibility index (Phi) is 3.23. The third-order valence-corrected chi connectivity index (χ3v) is 2.17. The van der Waals surface area contributed by atoms with Gasteiger partial charge in [-0.1, -0.05) is 35.0 Å². The second-order valence-electron chi connectivity index (χ2n) is 3.37. The summed E-state index contributed by atoms with van der Waals surface area (Å²) in [4.78, 5) is 0. The molecule has 0 aromatic heterocycles. The fourth-order valence-corrected chi connectivity index (χ4v) is 1.20. The zero-order valence-corrected chi connectivity index (χ0v) is 8.36. The van der Waals surface area contributed by atoms with E-state index in [1.54, 1.807) is 6.92 Å². The third-order valence-electron chi connectivity index (χ3n) is 2.17. The van der Waals surface area contributed by atoms with Crippen LogP contribution in [0.15, 0.2) is 29.4 Å². The standard InChI is InChI=1S/C10H10F3NO2/c1-7-2-4-8(5-3-7)9(15,6-14-16)10(11,12)13/h2-6,15-16H,1H3. The maximum Gasteiger partial charge on any atom is 0.426 e. The third kappa shape index (κ3) is 2.16. The Hall–Kier alpha value is -1.56. The molecule has 3 nitrogen and oxygen atoms in total. The Bertz CT molecular complexity index is 386. The van der Waals surface area contributed by atoms with Crippen molar-refractivity contribution in [1.82, 2.24) is 0 Å². The molecule has 1 unspecified atom stereocenters. The largest absolute Gasteiger partial charge is 0.426 e. The summed E-state index contributed by atoms with van der Waals surface area (Å²) >= 11 is 0. The number of benzene rings is 1. The monoisotopic (exact) mass is 233 g/mol. The highest BCUT2D eigenvalue weighted by atomic mass is 19.4. The van der Waals surface area contributed by atoms with E-state index in [-0.39, 0.29) is 6.21 Å². The van der Waals surface area contributed by atoms with E-state index in [1.165, 1.54) is 12.1 Å². The zero-order chi connectivity index (χ0) is 12.4. The molecule has 6 heteroatoms. The van der Waals surface area contributed by atoms with Gasteiger partial charge in [-0.2, -0.15) is 13.2 Å². The molecular formula is C10H10F3NO2. The Labute approximate surface area is 89.8 Å². The second-order valence-corrected chi connectivity index (χ2v) is 3.37. The predicted molar refractivity (Wildman–Crippen MR) is 51.4 cm³/mol. The first-order valence-corrected chi connectivity index (χ1v) is 4.36. The van der Waals surface area contributed by atoms with Crippen LogP contribution in [0.1, 0.15) is 11.1 Å². The highest BCUT2D eigenvalue weighted by Crippen LogP contribution is 2.37. The van der Waals surface area contributed by atoms with Gasteiger partial charge in [-0.15, -0.1) is 0 Å². The van der Waals surface area contributed by atoms with E-state index in [1.807, 2.05) is 0 Å². The number of oxime groups is 1. The van der Waals surface area contributed by atoms with Crippen LogP contribution in [0.5, 0.6) is 0 Å². The van der Waals surface area contributed by atoms with Crippen LogP contribution in [-0.2, 0) is 5.60 Å². The normalized spacial score (nSPS) is 16.3. The van der Waals surface area contributed by atoms with Crippen molar-refractivity contribution >= 4 is 6.21 Å². The van der Waals surface area contributed by atoms with Crippen molar-refractivity contribution in [2.24, 2.45) is 5.16 Å². The van der Waals surface area contributed by atoms with Gasteiger partial charge in [-0.25, -0.2) is 0 Å². The van der Waals surface area contributed by atoms with Crippen LogP contribution in [0.3, 0.4) is 0 Å². The van der Waals surface area contributed by atoms with E-state index in [2.05, 4.69) is 5.16 Å². The van der Waals surface area contributed by atoms with Crippen molar-refractivity contribution in [1.29, 1.82) is 0 Å². The molecule has 1 aromatic carbocycles. The van der Waals surface area contributed by atoms with Gasteiger partial charge >= 0.3 is 6.18 Å². The van der Waals surface area contributed by atoms with Crippen LogP contribution in [0, 0.1) is 6.92 Å². The quantitative estimate of drug-likeness (QED) is 0.467. The Balaban J connectivity index is 3.27. The number of halogens is 3. The van der Waals surface area contributed by atoms with Gasteiger partial charge in [0.1, 0.15) is 0 Å². The molecule has 0 aliphatic heterocycles. The maximum absolute atomic E-state index is 12.6. The summed E-state index contributed by atoms with van der Waals surface area (Å²) in [5, 5.41) is 19.9. The molecule has 0 spiro atoms. The molecule has 0 saturated heterocycles. The van der Waals surface area contributed by atoms with E-state index < -0.39 is 17.3 Å². The van der Waals surface area contributed by atoms with Crippen LogP contribution < -0.4 is 0 Å². The zero-order valence-electron chi connectivity index (χ0n) is 8.36. The van der Waals surface area contributed by atoms with Crippen molar-refractivity contribution in [3.05, 3.63) is 35.4 Å². The number of aliphatic hydroxyl groups is 1. The molecule has 2 N–H and O–H groups in total. The number of hydrogen-bond donors (Lipinski definition) is 2. The summed E-state index contributed by atoms with van der Waals surface area (Å²) in [7, 11) is 0. The first-order valence-electron chi connectivity index (χ1n) is 4.36. The highest BCUT2D eigenvalue weighted by Gasteiger charge is 2.54. The number of aryl methyl sites for hydroxylation is 1. The lowest BCUT2D eigenvalue weighted by Crippen LogP contribution is -2.43. The molecule has 0 heterocycles. The maximum atomic E-state index is 12.6. The van der Waals surface area contributed by atoms with E-state index in [9.17, 15) is 18.3 Å². The van der Waals surface area contributed by atoms with E-state index in [0.717, 1.165) is 17.7 Å². The Morgan fingerprint density at radius 1 is 1.19 bits per heavy atom. The van der Waals surface area contributed by atoms with E-state index in [4.69, 9.17) is 5.21 Å². The van der Waals surface area contributed by atoms with Crippen LogP contribution in [0.4, 0.5) is 13.2 Å². The first-order chi connectivity index (χ1) is 7.31. The number of rotatable bonds is 2. The molecule has 0 fully saturated rings. The first kappa shape index (κ1) is 12.5. The van der Waals surface area contributed by atoms with Gasteiger partial charge < -0.3 is 10.3 Å². The Morgan fingerprint density at radius 3 is 2.06 bits per heavy atom. The molecule has 0 aliphatic carbocycles. The van der Waals surface area contributed by atoms with Gasteiger partial charge in [-0.3, -0.25) is 0 Å². The summed E-state index contributed by atoms with van der Waals surface area (Å²) in [5.41, 5.74) is -2.91. The van der Waals surface area contributed by atoms with Gasteiger partial charge in [-0.05, 0) is 12.5 Å². The van der Waals surface area contributed by atoms with Crippen molar-refractivity contribution < 1.29 is 23.5 Å². The van der Waals surface area contributed by atoms with Crippen LogP contribution in [0.2, 0.25) is 0 Å². The van der Waals surface area contributed by atoms with E-state index >= 15 is 0 Å². The summed E-state index contributed by atoms with van der Waals surface area (Å²) in [5.74, 6) is 0. The lowest BCUT2D eigenvalue weighted by molar-refractivity contribution is -0.234. The van der Waals surface area contributed by atoms with Crippen molar-refractivity contribution in [2.75, 3.05) is 0 Å². The van der Waals surface area contributed by atoms with Gasteiger partial charge in [0.2, 0.25) is 5.60 Å². The molecule has 0 aliphatic rings. The molecule has 0 radical (unpaired) electrons. The average Bonchev–Trinajstić information content (AvgIpc) is 2.17. The molecule has 16 heavy (non-hydrogen) atoms. The molecule has 0 saturated carbocycles. The molecule has 1 atom stereocenters. The lowest BCUT2D eigenvalue weighted by atomic mass is 9.94. The SMILES string of the molecule is Cc1ccc(C(O)(C=NO)C(F)(F)F)cc1. The lowest BCUT2D eigenvalue weighted by Gasteiger charge is -2.26. The van der Waals surface area contributed by atoms with Crippen LogP contribution in [0.25, 0.3) is 0 Å². The minimum absolute atomic E-state index is 0.0532. The van der Waals surface area contributed by atoms with Crippen molar-refractivity contribution in [3.8, 4) is 0 Å². The van der Waals surface area contributed by atoms with Gasteiger partial charge in [0.25, 0.3) is 0 Å². The van der Waals surface area contributed by atoms with E-state index in [0.29, 0.717) is 0 Å². The highest BCUT2D eigenvalue weighted by molar-refractivity contribution is 5.72. The number of nitrogens with zero attached hydrogens (tertiary/aromatic N) is 1. The van der Waals surface area contributed by atoms with Crippen LogP contribution >= 0.6 is 0 Å². The van der Waals surface area contributed by atoms with Crippen molar-refractivity contribution in [2.45, 2.75) is 18.7 Å². The number of hydrogen-bond acceptors (Lipinski definition) is 3. The smallest absolute Gasteiger partial charge is 0.411 e.